The number of nitrogens with zero attached hydrogens (tertiary/aromatic N) is 3. The van der Waals surface area contributed by atoms with Gasteiger partial charge in [0.15, 0.2) is 0 Å². The second kappa shape index (κ2) is 4.45. The molecule has 2 rings (SSSR count). The highest BCUT2D eigenvalue weighted by Crippen LogP contribution is 2.11. The highest BCUT2D eigenvalue weighted by atomic mass is 16.2. The molecular weight excluding hydrogens is 218 g/mol. The van der Waals surface area contributed by atoms with Crippen LogP contribution in [-0.4, -0.2) is 21.1 Å². The first-order chi connectivity index (χ1) is 8.22. The van der Waals surface area contributed by atoms with Crippen LogP contribution in [0.5, 0.6) is 0 Å². The van der Waals surface area contributed by atoms with Crippen LogP contribution >= 0.6 is 0 Å². The fraction of sp³-hybridized carbons (Fsp3) is 0.0909. The minimum atomic E-state index is -0.371. The quantitative estimate of drug-likeness (QED) is 0.806. The number of nitrogens with one attached hydrogen (secondary N) is 2. The SMILES string of the molecule is Cc1cccnc1C(=O)Nc1[nH]ncc1C#N. The van der Waals surface area contributed by atoms with Gasteiger partial charge in [0.25, 0.3) is 5.91 Å². The number of nitriles is 1. The minimum Gasteiger partial charge on any atom is -0.304 e. The lowest BCUT2D eigenvalue weighted by molar-refractivity contribution is 0.102. The third kappa shape index (κ3) is 2.13. The predicted octanol–water partition coefficient (Wildman–Crippen LogP) is 1.24. The molecule has 0 saturated heterocycles. The van der Waals surface area contributed by atoms with Crippen molar-refractivity contribution >= 4 is 11.7 Å². The van der Waals surface area contributed by atoms with Crippen molar-refractivity contribution in [3.05, 3.63) is 41.3 Å². The molecule has 6 heteroatoms. The van der Waals surface area contributed by atoms with E-state index < -0.39 is 0 Å². The monoisotopic (exact) mass is 227 g/mol. The van der Waals surface area contributed by atoms with Gasteiger partial charge in [0.2, 0.25) is 0 Å². The van der Waals surface area contributed by atoms with Crippen molar-refractivity contribution < 1.29 is 4.79 Å². The zero-order chi connectivity index (χ0) is 12.3. The highest BCUT2D eigenvalue weighted by Gasteiger charge is 2.13. The van der Waals surface area contributed by atoms with Crippen LogP contribution < -0.4 is 5.32 Å². The number of carbonyl (C=O) groups excluding carboxylic acids is 1. The molecule has 2 heterocycles. The van der Waals surface area contributed by atoms with E-state index in [9.17, 15) is 4.79 Å². The molecule has 0 aliphatic heterocycles. The number of hydrogen-bond donors (Lipinski definition) is 2. The lowest BCUT2D eigenvalue weighted by Gasteiger charge is -2.04. The van der Waals surface area contributed by atoms with Crippen LogP contribution in [0.1, 0.15) is 21.6 Å². The summed E-state index contributed by atoms with van der Waals surface area (Å²) in [4.78, 5) is 15.9. The summed E-state index contributed by atoms with van der Waals surface area (Å²) in [5.74, 6) is -0.0913. The Labute approximate surface area is 97.3 Å². The number of hydrogen-bond acceptors (Lipinski definition) is 4. The number of amides is 1. The standard InChI is InChI=1S/C11H9N5O/c1-7-3-2-4-13-9(7)11(17)15-10-8(5-12)6-14-16-10/h2-4,6H,1H3,(H2,14,15,16,17). The molecule has 2 aromatic heterocycles. The van der Waals surface area contributed by atoms with Crippen molar-refractivity contribution in [2.75, 3.05) is 5.32 Å². The van der Waals surface area contributed by atoms with Gasteiger partial charge in [-0.2, -0.15) is 10.4 Å². The van der Waals surface area contributed by atoms with E-state index in [-0.39, 0.29) is 17.3 Å². The van der Waals surface area contributed by atoms with Crippen LogP contribution in [-0.2, 0) is 0 Å². The molecule has 2 N–H and O–H groups in total. The van der Waals surface area contributed by atoms with Gasteiger partial charge in [-0.3, -0.25) is 14.9 Å². The second-order valence-corrected chi connectivity index (χ2v) is 3.39. The third-order valence-electron chi connectivity index (χ3n) is 2.22. The van der Waals surface area contributed by atoms with E-state index in [1.807, 2.05) is 6.07 Å². The summed E-state index contributed by atoms with van der Waals surface area (Å²) in [5, 5.41) is 17.5. The second-order valence-electron chi connectivity index (χ2n) is 3.39. The molecule has 0 fully saturated rings. The number of aryl methyl sites for hydroxylation is 1. The first-order valence-electron chi connectivity index (χ1n) is 4.89. The molecule has 0 saturated carbocycles. The summed E-state index contributed by atoms with van der Waals surface area (Å²) in [6, 6.07) is 5.46. The van der Waals surface area contributed by atoms with Gasteiger partial charge >= 0.3 is 0 Å². The van der Waals surface area contributed by atoms with Crippen LogP contribution in [0, 0.1) is 18.3 Å². The molecule has 0 radical (unpaired) electrons. The van der Waals surface area contributed by atoms with Gasteiger partial charge in [-0.1, -0.05) is 6.07 Å². The maximum atomic E-state index is 11.9. The van der Waals surface area contributed by atoms with Gasteiger partial charge in [0, 0.05) is 6.20 Å². The number of pyridine rings is 1. The van der Waals surface area contributed by atoms with Crippen molar-refractivity contribution in [1.82, 2.24) is 15.2 Å². The van der Waals surface area contributed by atoms with E-state index in [0.717, 1.165) is 5.56 Å². The maximum absolute atomic E-state index is 11.9. The van der Waals surface area contributed by atoms with E-state index in [0.29, 0.717) is 5.69 Å². The molecule has 0 aromatic carbocycles. The predicted molar refractivity (Wildman–Crippen MR) is 60.2 cm³/mol. The molecule has 0 atom stereocenters. The third-order valence-corrected chi connectivity index (χ3v) is 2.22. The van der Waals surface area contributed by atoms with Crippen LogP contribution in [0.4, 0.5) is 5.82 Å². The van der Waals surface area contributed by atoms with Gasteiger partial charge in [-0.15, -0.1) is 0 Å². The summed E-state index contributed by atoms with van der Waals surface area (Å²) in [7, 11) is 0. The summed E-state index contributed by atoms with van der Waals surface area (Å²) >= 11 is 0. The molecule has 17 heavy (non-hydrogen) atoms. The lowest BCUT2D eigenvalue weighted by Crippen LogP contribution is -2.16. The Bertz CT molecular complexity index is 596. The number of anilines is 1. The fourth-order valence-electron chi connectivity index (χ4n) is 1.36. The number of aromatic nitrogens is 3. The first-order valence-corrected chi connectivity index (χ1v) is 4.89. The maximum Gasteiger partial charge on any atom is 0.275 e. The lowest BCUT2D eigenvalue weighted by atomic mass is 10.2. The Hall–Kier alpha value is -2.68. The molecule has 0 bridgehead atoms. The van der Waals surface area contributed by atoms with Crippen molar-refractivity contribution in [2.24, 2.45) is 0 Å². The number of rotatable bonds is 2. The molecule has 2 aromatic rings. The summed E-state index contributed by atoms with van der Waals surface area (Å²) in [6.07, 6.45) is 2.89. The highest BCUT2D eigenvalue weighted by molar-refractivity contribution is 6.03. The van der Waals surface area contributed by atoms with E-state index in [2.05, 4.69) is 20.5 Å². The topological polar surface area (TPSA) is 94.5 Å². The molecule has 1 amide bonds. The minimum absolute atomic E-state index is 0.280. The van der Waals surface area contributed by atoms with E-state index >= 15 is 0 Å². The fourth-order valence-corrected chi connectivity index (χ4v) is 1.36. The van der Waals surface area contributed by atoms with Crippen molar-refractivity contribution in [1.29, 1.82) is 5.26 Å². The summed E-state index contributed by atoms with van der Waals surface area (Å²) in [5.41, 5.74) is 1.38. The summed E-state index contributed by atoms with van der Waals surface area (Å²) < 4.78 is 0. The number of carbonyl (C=O) groups is 1. The molecular formula is C11H9N5O. The van der Waals surface area contributed by atoms with Crippen molar-refractivity contribution in [2.45, 2.75) is 6.92 Å². The number of H-pyrrole nitrogens is 1. The van der Waals surface area contributed by atoms with Crippen LogP contribution in [0.15, 0.2) is 24.5 Å². The zero-order valence-corrected chi connectivity index (χ0v) is 9.06. The zero-order valence-electron chi connectivity index (χ0n) is 9.06. The van der Waals surface area contributed by atoms with E-state index in [1.165, 1.54) is 6.20 Å². The average Bonchev–Trinajstić information content (AvgIpc) is 2.76. The van der Waals surface area contributed by atoms with Gasteiger partial charge in [-0.05, 0) is 18.6 Å². The van der Waals surface area contributed by atoms with Gasteiger partial charge in [0.05, 0.1) is 6.20 Å². The smallest absolute Gasteiger partial charge is 0.275 e. The van der Waals surface area contributed by atoms with Gasteiger partial charge < -0.3 is 5.32 Å². The molecule has 84 valence electrons. The van der Waals surface area contributed by atoms with Gasteiger partial charge in [0.1, 0.15) is 23.1 Å². The molecule has 0 aliphatic carbocycles. The van der Waals surface area contributed by atoms with E-state index in [4.69, 9.17) is 5.26 Å². The molecule has 0 aliphatic rings. The Balaban J connectivity index is 2.24. The molecule has 0 spiro atoms. The van der Waals surface area contributed by atoms with Crippen molar-refractivity contribution in [3.8, 4) is 6.07 Å². The normalized spacial score (nSPS) is 9.65. The Morgan fingerprint density at radius 1 is 1.59 bits per heavy atom. The molecule has 0 unspecified atom stereocenters. The average molecular weight is 227 g/mol. The van der Waals surface area contributed by atoms with Gasteiger partial charge in [-0.25, -0.2) is 0 Å². The van der Waals surface area contributed by atoms with Crippen LogP contribution in [0.25, 0.3) is 0 Å². The van der Waals surface area contributed by atoms with Crippen LogP contribution in [0.2, 0.25) is 0 Å². The number of aromatic amines is 1. The molecule has 6 nitrogen and oxygen atoms in total. The van der Waals surface area contributed by atoms with Crippen molar-refractivity contribution in [3.63, 3.8) is 0 Å². The van der Waals surface area contributed by atoms with Crippen LogP contribution in [0.3, 0.4) is 0 Å². The Morgan fingerprint density at radius 2 is 2.41 bits per heavy atom. The Morgan fingerprint density at radius 3 is 3.12 bits per heavy atom. The van der Waals surface area contributed by atoms with E-state index in [1.54, 1.807) is 25.3 Å². The Kier molecular flexibility index (Phi) is 2.83. The summed E-state index contributed by atoms with van der Waals surface area (Å²) in [6.45, 7) is 1.79. The first kappa shape index (κ1) is 10.8. The largest absolute Gasteiger partial charge is 0.304 e.